The standard InChI is InChI=1S/C34H30ClF2N7O4/c1-18(45)31-25-12-20(23-14-39-19(2)40-15-23)9-10-27(25)44(42-31)17-30(46)43-16-24(36)13-28(43)33(48)41-29-8-4-7-26(34(29,35)37)21-5-3-6-22(11-21)32(38)47/h3-12,14-15,24,28-29H,13,16-17H2,1-2H3,(H2,38,47)(H,41,48)/t24-,28+,29?,34?/m1/s1. The lowest BCUT2D eigenvalue weighted by Crippen LogP contribution is -2.54. The Bertz CT molecular complexity index is 2030. The van der Waals surface area contributed by atoms with E-state index >= 15 is 4.39 Å². The molecule has 3 N–H and O–H groups in total. The van der Waals surface area contributed by atoms with Crippen LogP contribution in [0.15, 0.2) is 73.1 Å². The average molecular weight is 674 g/mol. The minimum atomic E-state index is -2.65. The predicted octanol–water partition coefficient (Wildman–Crippen LogP) is 4.09. The van der Waals surface area contributed by atoms with Crippen LogP contribution in [-0.4, -0.2) is 78.1 Å². The molecule has 11 nitrogen and oxygen atoms in total. The maximum atomic E-state index is 16.2. The number of hydrogen-bond donors (Lipinski definition) is 2. The normalized spacial score (nSPS) is 22.1. The van der Waals surface area contributed by atoms with Crippen molar-refractivity contribution in [2.75, 3.05) is 6.54 Å². The number of halogens is 3. The van der Waals surface area contributed by atoms with Crippen LogP contribution in [0, 0.1) is 6.92 Å². The lowest BCUT2D eigenvalue weighted by Gasteiger charge is -2.33. The second-order valence-corrected chi connectivity index (χ2v) is 12.3. The summed E-state index contributed by atoms with van der Waals surface area (Å²) in [6, 6.07) is 8.55. The highest BCUT2D eigenvalue weighted by Gasteiger charge is 2.46. The summed E-state index contributed by atoms with van der Waals surface area (Å²) in [5.41, 5.74) is 7.87. The molecule has 4 aromatic rings. The average Bonchev–Trinajstić information content (AvgIpc) is 3.62. The van der Waals surface area contributed by atoms with Gasteiger partial charge in [-0.05, 0) is 42.3 Å². The first-order valence-corrected chi connectivity index (χ1v) is 15.4. The maximum absolute atomic E-state index is 16.2. The third-order valence-corrected chi connectivity index (χ3v) is 8.87. The van der Waals surface area contributed by atoms with Gasteiger partial charge in [-0.15, -0.1) is 0 Å². The second kappa shape index (κ2) is 12.7. The SMILES string of the molecule is CC(=O)c1nn(CC(=O)N2C[C@H](F)C[C@H]2C(=O)NC2C=CC=C(c3cccc(C(N)=O)c3)C2(F)Cl)c2ccc(-c3cnc(C)nc3)cc12. The molecule has 2 aromatic heterocycles. The van der Waals surface area contributed by atoms with Crippen LogP contribution in [0.4, 0.5) is 8.78 Å². The number of ketones is 1. The molecular formula is C34H30ClF2N7O4. The third-order valence-electron chi connectivity index (χ3n) is 8.43. The summed E-state index contributed by atoms with van der Waals surface area (Å²) in [6.07, 6.45) is 5.77. The van der Waals surface area contributed by atoms with Gasteiger partial charge in [-0.3, -0.25) is 23.9 Å². The molecular weight excluding hydrogens is 644 g/mol. The van der Waals surface area contributed by atoms with Crippen molar-refractivity contribution in [1.82, 2.24) is 30.0 Å². The topological polar surface area (TPSA) is 153 Å². The first-order chi connectivity index (χ1) is 22.8. The highest BCUT2D eigenvalue weighted by atomic mass is 35.5. The summed E-state index contributed by atoms with van der Waals surface area (Å²) in [4.78, 5) is 60.8. The fourth-order valence-electron chi connectivity index (χ4n) is 5.99. The molecule has 1 aliphatic heterocycles. The Labute approximate surface area is 278 Å². The fourth-order valence-corrected chi connectivity index (χ4v) is 6.29. The Morgan fingerprint density at radius 2 is 1.83 bits per heavy atom. The molecule has 1 fully saturated rings. The molecule has 48 heavy (non-hydrogen) atoms. The van der Waals surface area contributed by atoms with E-state index in [1.54, 1.807) is 43.6 Å². The van der Waals surface area contributed by atoms with Crippen LogP contribution >= 0.6 is 11.6 Å². The molecule has 3 heterocycles. The Kier molecular flexibility index (Phi) is 8.65. The number of nitrogens with zero attached hydrogens (tertiary/aromatic N) is 5. The Hall–Kier alpha value is -5.30. The van der Waals surface area contributed by atoms with Gasteiger partial charge in [-0.1, -0.05) is 48.0 Å². The van der Waals surface area contributed by atoms with Gasteiger partial charge in [0.05, 0.1) is 12.1 Å². The number of amides is 3. The number of rotatable bonds is 8. The maximum Gasteiger partial charge on any atom is 0.248 e. The van der Waals surface area contributed by atoms with Crippen LogP contribution in [0.2, 0.25) is 0 Å². The molecule has 14 heteroatoms. The minimum absolute atomic E-state index is 0.0207. The van der Waals surface area contributed by atoms with Crippen molar-refractivity contribution in [3.05, 3.63) is 95.7 Å². The van der Waals surface area contributed by atoms with Gasteiger partial charge in [-0.2, -0.15) is 5.10 Å². The number of likely N-dealkylation sites (tertiary alicyclic amines) is 1. The smallest absolute Gasteiger partial charge is 0.248 e. The quantitative estimate of drug-likeness (QED) is 0.211. The molecule has 0 radical (unpaired) electrons. The first-order valence-electron chi connectivity index (χ1n) is 15.0. The van der Waals surface area contributed by atoms with Crippen molar-refractivity contribution in [2.45, 2.75) is 50.2 Å². The van der Waals surface area contributed by atoms with Crippen LogP contribution in [0.25, 0.3) is 27.6 Å². The van der Waals surface area contributed by atoms with E-state index in [9.17, 15) is 23.6 Å². The van der Waals surface area contributed by atoms with Crippen molar-refractivity contribution in [1.29, 1.82) is 0 Å². The number of carbonyl (C=O) groups is 4. The number of nitrogens with two attached hydrogens (primary N) is 1. The number of Topliss-reactive ketones (excluding diaryl/α,β-unsaturated/α-hetero) is 1. The number of aryl methyl sites for hydroxylation is 1. The van der Waals surface area contributed by atoms with Crippen molar-refractivity contribution in [3.63, 3.8) is 0 Å². The van der Waals surface area contributed by atoms with E-state index in [1.807, 2.05) is 0 Å². The lowest BCUT2D eigenvalue weighted by atomic mass is 9.90. The van der Waals surface area contributed by atoms with E-state index in [1.165, 1.54) is 48.0 Å². The summed E-state index contributed by atoms with van der Waals surface area (Å²) in [5.74, 6) is -1.84. The Morgan fingerprint density at radius 3 is 2.54 bits per heavy atom. The molecule has 1 saturated heterocycles. The second-order valence-electron chi connectivity index (χ2n) is 11.7. The molecule has 1 aliphatic carbocycles. The van der Waals surface area contributed by atoms with Gasteiger partial charge in [0, 0.05) is 47.8 Å². The molecule has 4 atom stereocenters. The predicted molar refractivity (Wildman–Crippen MR) is 174 cm³/mol. The van der Waals surface area contributed by atoms with Gasteiger partial charge in [0.25, 0.3) is 0 Å². The van der Waals surface area contributed by atoms with Crippen molar-refractivity contribution in [2.24, 2.45) is 5.73 Å². The minimum Gasteiger partial charge on any atom is -0.366 e. The number of hydrogen-bond acceptors (Lipinski definition) is 7. The summed E-state index contributed by atoms with van der Waals surface area (Å²) in [7, 11) is 0. The molecule has 246 valence electrons. The summed E-state index contributed by atoms with van der Waals surface area (Å²) < 4.78 is 32.3. The molecule has 6 rings (SSSR count). The van der Waals surface area contributed by atoms with Gasteiger partial charge in [-0.25, -0.2) is 18.7 Å². The molecule has 3 amide bonds. The first kappa shape index (κ1) is 32.6. The summed E-state index contributed by atoms with van der Waals surface area (Å²) in [5, 5.41) is 4.77. The van der Waals surface area contributed by atoms with E-state index < -0.39 is 41.1 Å². The van der Waals surface area contributed by atoms with Gasteiger partial charge in [0.2, 0.25) is 22.8 Å². The highest BCUT2D eigenvalue weighted by Crippen LogP contribution is 2.41. The van der Waals surface area contributed by atoms with E-state index in [-0.39, 0.29) is 47.7 Å². The largest absolute Gasteiger partial charge is 0.366 e. The molecule has 2 unspecified atom stereocenters. The van der Waals surface area contributed by atoms with Crippen LogP contribution in [-0.2, 0) is 16.1 Å². The monoisotopic (exact) mass is 673 g/mol. The van der Waals surface area contributed by atoms with E-state index in [4.69, 9.17) is 17.3 Å². The third kappa shape index (κ3) is 6.20. The molecule has 0 spiro atoms. The number of benzene rings is 2. The number of aromatic nitrogens is 4. The van der Waals surface area contributed by atoms with Crippen LogP contribution in [0.1, 0.15) is 45.6 Å². The number of alkyl halides is 3. The summed E-state index contributed by atoms with van der Waals surface area (Å²) >= 11 is 6.38. The Balaban J connectivity index is 1.21. The zero-order valence-electron chi connectivity index (χ0n) is 25.9. The number of primary amides is 1. The molecule has 2 aliphatic rings. The number of allylic oxidation sites excluding steroid dienone is 2. The van der Waals surface area contributed by atoms with Crippen molar-refractivity contribution in [3.8, 4) is 11.1 Å². The van der Waals surface area contributed by atoms with Crippen LogP contribution in [0.3, 0.4) is 0 Å². The highest BCUT2D eigenvalue weighted by molar-refractivity contribution is 6.30. The van der Waals surface area contributed by atoms with Crippen LogP contribution in [0.5, 0.6) is 0 Å². The molecule has 0 saturated carbocycles. The van der Waals surface area contributed by atoms with Crippen molar-refractivity contribution >= 4 is 51.6 Å². The van der Waals surface area contributed by atoms with E-state index in [0.29, 0.717) is 16.7 Å². The Morgan fingerprint density at radius 1 is 1.08 bits per heavy atom. The number of nitrogens with one attached hydrogen (secondary N) is 1. The van der Waals surface area contributed by atoms with Gasteiger partial charge in [0.15, 0.2) is 5.78 Å². The zero-order chi connectivity index (χ0) is 34.3. The van der Waals surface area contributed by atoms with E-state index in [2.05, 4.69) is 20.4 Å². The van der Waals surface area contributed by atoms with Crippen molar-refractivity contribution < 1.29 is 28.0 Å². The van der Waals surface area contributed by atoms with Crippen LogP contribution < -0.4 is 11.1 Å². The molecule has 0 bridgehead atoms. The van der Waals surface area contributed by atoms with Gasteiger partial charge >= 0.3 is 0 Å². The summed E-state index contributed by atoms with van der Waals surface area (Å²) in [6.45, 7) is 2.38. The van der Waals surface area contributed by atoms with E-state index in [0.717, 1.165) is 16.0 Å². The van der Waals surface area contributed by atoms with Gasteiger partial charge < -0.3 is 16.0 Å². The van der Waals surface area contributed by atoms with Gasteiger partial charge in [0.1, 0.15) is 36.3 Å². The lowest BCUT2D eigenvalue weighted by molar-refractivity contribution is -0.139. The zero-order valence-corrected chi connectivity index (χ0v) is 26.6. The molecule has 2 aromatic carbocycles. The number of carbonyl (C=O) groups excluding carboxylic acids is 4. The number of fused-ring (bicyclic) bond motifs is 1. The fraction of sp³-hybridized carbons (Fsp3) is 0.265.